The van der Waals surface area contributed by atoms with Crippen LogP contribution >= 0.6 is 33.9 Å². The number of halogens is 1. The number of nitrogens with zero attached hydrogens (tertiary/aromatic N) is 2. The van der Waals surface area contributed by atoms with E-state index in [1.54, 1.807) is 32.1 Å². The van der Waals surface area contributed by atoms with Crippen LogP contribution in [0.4, 0.5) is 0 Å². The molecule has 0 aliphatic carbocycles. The highest BCUT2D eigenvalue weighted by atomic mass is 127. The van der Waals surface area contributed by atoms with Crippen LogP contribution in [0.15, 0.2) is 57.5 Å². The summed E-state index contributed by atoms with van der Waals surface area (Å²) in [5.41, 5.74) is 1.90. The number of allylic oxidation sites excluding steroid dienone is 1. The van der Waals surface area contributed by atoms with E-state index < -0.39 is 18.0 Å². The van der Waals surface area contributed by atoms with E-state index in [2.05, 4.69) is 27.6 Å². The Bertz CT molecular complexity index is 1640. The number of ether oxygens (including phenoxy) is 4. The van der Waals surface area contributed by atoms with Gasteiger partial charge in [-0.15, -0.1) is 0 Å². The summed E-state index contributed by atoms with van der Waals surface area (Å²) in [5.74, 6) is 0.382. The molecule has 3 aromatic rings. The molecule has 2 aromatic carbocycles. The highest BCUT2D eigenvalue weighted by Crippen LogP contribution is 2.35. The van der Waals surface area contributed by atoms with E-state index in [1.165, 1.54) is 29.9 Å². The van der Waals surface area contributed by atoms with E-state index in [0.29, 0.717) is 53.6 Å². The Labute approximate surface area is 242 Å². The molecular weight excluding hydrogens is 635 g/mol. The molecule has 0 saturated heterocycles. The molecule has 0 spiro atoms. The van der Waals surface area contributed by atoms with Gasteiger partial charge in [-0.1, -0.05) is 23.5 Å². The van der Waals surface area contributed by atoms with Crippen molar-refractivity contribution >= 4 is 51.9 Å². The molecule has 39 heavy (non-hydrogen) atoms. The van der Waals surface area contributed by atoms with Crippen LogP contribution in [0, 0.1) is 3.57 Å². The minimum absolute atomic E-state index is 0.194. The van der Waals surface area contributed by atoms with Crippen LogP contribution in [0.1, 0.15) is 44.9 Å². The smallest absolute Gasteiger partial charge is 0.338 e. The lowest BCUT2D eigenvalue weighted by molar-refractivity contribution is -0.139. The van der Waals surface area contributed by atoms with E-state index in [0.717, 1.165) is 5.56 Å². The Morgan fingerprint density at radius 1 is 1.15 bits per heavy atom. The average Bonchev–Trinajstić information content (AvgIpc) is 3.19. The van der Waals surface area contributed by atoms with Crippen LogP contribution in [0.5, 0.6) is 17.2 Å². The number of aromatic nitrogens is 1. The molecule has 0 fully saturated rings. The van der Waals surface area contributed by atoms with Gasteiger partial charge in [0.1, 0.15) is 5.75 Å². The van der Waals surface area contributed by atoms with Gasteiger partial charge in [-0.05, 0) is 84.8 Å². The molecule has 0 bridgehead atoms. The summed E-state index contributed by atoms with van der Waals surface area (Å²) in [5, 5.41) is 0. The van der Waals surface area contributed by atoms with Crippen molar-refractivity contribution in [1.29, 1.82) is 0 Å². The van der Waals surface area contributed by atoms with Crippen molar-refractivity contribution in [3.05, 3.63) is 82.1 Å². The van der Waals surface area contributed by atoms with E-state index >= 15 is 0 Å². The molecular formula is C28H27IN2O7S. The summed E-state index contributed by atoms with van der Waals surface area (Å²) >= 11 is 3.27. The van der Waals surface area contributed by atoms with Crippen LogP contribution in [0.3, 0.4) is 0 Å². The fourth-order valence-electron chi connectivity index (χ4n) is 4.24. The van der Waals surface area contributed by atoms with Gasteiger partial charge in [0.2, 0.25) is 0 Å². The predicted molar refractivity (Wildman–Crippen MR) is 155 cm³/mol. The molecule has 1 aliphatic rings. The third-order valence-electron chi connectivity index (χ3n) is 5.82. The number of benzene rings is 2. The van der Waals surface area contributed by atoms with Crippen molar-refractivity contribution in [2.75, 3.05) is 20.3 Å². The quantitative estimate of drug-likeness (QED) is 0.206. The average molecular weight is 663 g/mol. The maximum absolute atomic E-state index is 13.8. The van der Waals surface area contributed by atoms with Crippen molar-refractivity contribution < 1.29 is 28.5 Å². The zero-order chi connectivity index (χ0) is 28.3. The van der Waals surface area contributed by atoms with Gasteiger partial charge in [0, 0.05) is 6.92 Å². The second-order valence-corrected chi connectivity index (χ2v) is 10.6. The second kappa shape index (κ2) is 12.2. The molecule has 2 heterocycles. The Morgan fingerprint density at radius 3 is 2.49 bits per heavy atom. The Morgan fingerprint density at radius 2 is 1.87 bits per heavy atom. The lowest BCUT2D eigenvalue weighted by atomic mass is 9.96. The topological polar surface area (TPSA) is 105 Å². The maximum Gasteiger partial charge on any atom is 0.338 e. The summed E-state index contributed by atoms with van der Waals surface area (Å²) in [4.78, 5) is 43.5. The van der Waals surface area contributed by atoms with Crippen molar-refractivity contribution in [2.45, 2.75) is 33.7 Å². The van der Waals surface area contributed by atoms with Crippen LogP contribution in [0.2, 0.25) is 0 Å². The van der Waals surface area contributed by atoms with E-state index in [9.17, 15) is 14.4 Å². The standard InChI is InChI=1S/C28H27IN2O7S/c1-6-36-19-10-8-18(9-11-19)24-23(27(34)37-7-2)15(3)30-28-31(24)26(33)22(39-28)14-17-12-20(29)25(38-16(4)32)21(13-17)35-5/h8-14,24H,6-7H2,1-5H3/b22-14-/t24-/m0/s1. The molecule has 1 aliphatic heterocycles. The van der Waals surface area contributed by atoms with Gasteiger partial charge >= 0.3 is 11.9 Å². The Kier molecular flexibility index (Phi) is 8.90. The number of methoxy groups -OCH3 is 1. The summed E-state index contributed by atoms with van der Waals surface area (Å²) in [6.07, 6.45) is 1.73. The zero-order valence-electron chi connectivity index (χ0n) is 22.1. The number of hydrogen-bond donors (Lipinski definition) is 0. The Balaban J connectivity index is 1.89. The van der Waals surface area contributed by atoms with Gasteiger partial charge < -0.3 is 18.9 Å². The van der Waals surface area contributed by atoms with Gasteiger partial charge in [-0.2, -0.15) is 0 Å². The number of fused-ring (bicyclic) bond motifs is 1. The highest BCUT2D eigenvalue weighted by molar-refractivity contribution is 14.1. The number of carbonyl (C=O) groups is 2. The first kappa shape index (κ1) is 28.6. The van der Waals surface area contributed by atoms with E-state index in [1.807, 2.05) is 31.2 Å². The van der Waals surface area contributed by atoms with E-state index in [4.69, 9.17) is 18.9 Å². The first-order valence-corrected chi connectivity index (χ1v) is 14.1. The minimum Gasteiger partial charge on any atom is -0.494 e. The predicted octanol–water partition coefficient (Wildman–Crippen LogP) is 3.74. The molecule has 9 nitrogen and oxygen atoms in total. The molecule has 0 unspecified atom stereocenters. The molecule has 0 amide bonds. The second-order valence-electron chi connectivity index (χ2n) is 8.43. The normalized spacial score (nSPS) is 14.9. The van der Waals surface area contributed by atoms with Crippen molar-refractivity contribution in [2.24, 2.45) is 4.99 Å². The molecule has 11 heteroatoms. The third kappa shape index (κ3) is 5.93. The fourth-order valence-corrected chi connectivity index (χ4v) is 6.02. The molecule has 204 valence electrons. The summed E-state index contributed by atoms with van der Waals surface area (Å²) in [6.45, 7) is 7.41. The van der Waals surface area contributed by atoms with Crippen LogP contribution in [-0.4, -0.2) is 36.8 Å². The van der Waals surface area contributed by atoms with Gasteiger partial charge in [0.25, 0.3) is 5.56 Å². The Hall–Kier alpha value is -3.45. The summed E-state index contributed by atoms with van der Waals surface area (Å²) in [6, 6.07) is 10.1. The number of carbonyl (C=O) groups excluding carboxylic acids is 2. The van der Waals surface area contributed by atoms with Crippen LogP contribution in [-0.2, 0) is 14.3 Å². The van der Waals surface area contributed by atoms with Crippen molar-refractivity contribution in [1.82, 2.24) is 4.57 Å². The third-order valence-corrected chi connectivity index (χ3v) is 7.60. The van der Waals surface area contributed by atoms with Gasteiger partial charge in [-0.3, -0.25) is 14.2 Å². The van der Waals surface area contributed by atoms with Gasteiger partial charge in [-0.25, -0.2) is 9.79 Å². The molecule has 0 N–H and O–H groups in total. The largest absolute Gasteiger partial charge is 0.494 e. The maximum atomic E-state index is 13.8. The first-order valence-electron chi connectivity index (χ1n) is 12.2. The lowest BCUT2D eigenvalue weighted by Crippen LogP contribution is -2.39. The van der Waals surface area contributed by atoms with Crippen molar-refractivity contribution in [3.8, 4) is 17.2 Å². The number of esters is 2. The minimum atomic E-state index is -0.723. The summed E-state index contributed by atoms with van der Waals surface area (Å²) < 4.78 is 24.2. The SMILES string of the molecule is CCOC(=O)C1=C(C)N=c2s/c(=C\c3cc(I)c(OC(C)=O)c(OC)c3)c(=O)n2[C@H]1c1ccc(OCC)cc1. The first-order chi connectivity index (χ1) is 18.7. The molecule has 1 aromatic heterocycles. The van der Waals surface area contributed by atoms with Gasteiger partial charge in [0.15, 0.2) is 16.3 Å². The number of thiazole rings is 1. The summed E-state index contributed by atoms with van der Waals surface area (Å²) in [7, 11) is 1.48. The fraction of sp³-hybridized carbons (Fsp3) is 0.286. The number of hydrogen-bond acceptors (Lipinski definition) is 9. The zero-order valence-corrected chi connectivity index (χ0v) is 25.0. The monoisotopic (exact) mass is 662 g/mol. The van der Waals surface area contributed by atoms with E-state index in [-0.39, 0.29) is 12.2 Å². The van der Waals surface area contributed by atoms with Gasteiger partial charge in [0.05, 0.1) is 45.7 Å². The molecule has 1 atom stereocenters. The van der Waals surface area contributed by atoms with Crippen molar-refractivity contribution in [3.63, 3.8) is 0 Å². The number of rotatable bonds is 8. The highest BCUT2D eigenvalue weighted by Gasteiger charge is 2.33. The van der Waals surface area contributed by atoms with Crippen LogP contribution in [0.25, 0.3) is 6.08 Å². The lowest BCUT2D eigenvalue weighted by Gasteiger charge is -2.24. The molecule has 0 saturated carbocycles. The molecule has 0 radical (unpaired) electrons. The molecule has 4 rings (SSSR count). The van der Waals surface area contributed by atoms with Crippen LogP contribution < -0.4 is 29.1 Å².